The lowest BCUT2D eigenvalue weighted by molar-refractivity contribution is 0.259. The monoisotopic (exact) mass is 221 g/mol. The summed E-state index contributed by atoms with van der Waals surface area (Å²) in [6.45, 7) is 0.0364. The summed E-state index contributed by atoms with van der Waals surface area (Å²) < 4.78 is 13.0. The predicted molar refractivity (Wildman–Crippen MR) is 49.5 cm³/mol. The molecule has 1 rings (SSSR count). The lowest BCUT2D eigenvalue weighted by Gasteiger charge is -2.03. The Morgan fingerprint density at radius 1 is 1.54 bits per heavy atom. The van der Waals surface area contributed by atoms with Gasteiger partial charge in [0.25, 0.3) is 0 Å². The van der Waals surface area contributed by atoms with Crippen molar-refractivity contribution in [1.82, 2.24) is 5.32 Å². The van der Waals surface area contributed by atoms with Crippen LogP contribution >= 0.6 is 23.2 Å². The van der Waals surface area contributed by atoms with Gasteiger partial charge in [0.2, 0.25) is 0 Å². The lowest BCUT2D eigenvalue weighted by Crippen LogP contribution is -2.16. The van der Waals surface area contributed by atoms with Gasteiger partial charge in [-0.2, -0.15) is 0 Å². The third-order valence-electron chi connectivity index (χ3n) is 1.43. The summed E-state index contributed by atoms with van der Waals surface area (Å²) in [5.41, 5.74) is 0.307. The zero-order valence-corrected chi connectivity index (χ0v) is 7.99. The van der Waals surface area contributed by atoms with Crippen LogP contribution in [0.4, 0.5) is 9.18 Å². The molecule has 0 aliphatic rings. The normalized spacial score (nSPS) is 9.77. The molecule has 0 aromatic heterocycles. The average Bonchev–Trinajstić information content (AvgIpc) is 2.06. The summed E-state index contributed by atoms with van der Waals surface area (Å²) >= 11 is 10.6. The van der Waals surface area contributed by atoms with E-state index in [9.17, 15) is 9.18 Å². The summed E-state index contributed by atoms with van der Waals surface area (Å²) in [7, 11) is 0. The molecule has 2 nitrogen and oxygen atoms in total. The Labute approximate surface area is 84.6 Å². The molecule has 0 heterocycles. The Hall–Kier alpha value is -0.800. The molecule has 5 heteroatoms. The van der Waals surface area contributed by atoms with Crippen LogP contribution in [-0.4, -0.2) is 5.37 Å². The van der Waals surface area contributed by atoms with Crippen LogP contribution in [0.1, 0.15) is 5.56 Å². The number of benzene rings is 1. The fraction of sp³-hybridized carbons (Fsp3) is 0.125. The Morgan fingerprint density at radius 3 is 2.85 bits per heavy atom. The van der Waals surface area contributed by atoms with Crippen LogP contribution in [0, 0.1) is 5.82 Å². The second kappa shape index (κ2) is 4.44. The minimum Gasteiger partial charge on any atom is -0.338 e. The Balaban J connectivity index is 2.75. The van der Waals surface area contributed by atoms with Crippen molar-refractivity contribution in [2.45, 2.75) is 6.54 Å². The van der Waals surface area contributed by atoms with E-state index in [1.165, 1.54) is 18.2 Å². The number of halogens is 3. The van der Waals surface area contributed by atoms with Gasteiger partial charge < -0.3 is 5.32 Å². The molecular weight excluding hydrogens is 216 g/mol. The minimum absolute atomic E-state index is 0.0364. The zero-order valence-electron chi connectivity index (χ0n) is 6.48. The summed E-state index contributed by atoms with van der Waals surface area (Å²) in [6, 6.07) is 4.10. The van der Waals surface area contributed by atoms with Crippen molar-refractivity contribution >= 4 is 28.6 Å². The van der Waals surface area contributed by atoms with E-state index in [4.69, 9.17) is 23.2 Å². The van der Waals surface area contributed by atoms with Crippen molar-refractivity contribution in [3.63, 3.8) is 0 Å². The predicted octanol–water partition coefficient (Wildman–Crippen LogP) is 2.93. The highest BCUT2D eigenvalue weighted by molar-refractivity contribution is 6.62. The average molecular weight is 222 g/mol. The summed E-state index contributed by atoms with van der Waals surface area (Å²) in [4.78, 5) is 10.3. The molecule has 0 spiro atoms. The minimum atomic E-state index is -0.723. The number of rotatable bonds is 2. The third-order valence-corrected chi connectivity index (χ3v) is 1.79. The molecular formula is C8H6Cl2FNO. The molecule has 0 radical (unpaired) electrons. The van der Waals surface area contributed by atoms with Gasteiger partial charge in [0.05, 0.1) is 0 Å². The van der Waals surface area contributed by atoms with Crippen molar-refractivity contribution in [2.24, 2.45) is 0 Å². The molecule has 0 saturated carbocycles. The summed E-state index contributed by atoms with van der Waals surface area (Å²) in [6.07, 6.45) is 0. The van der Waals surface area contributed by atoms with Crippen LogP contribution in [0.15, 0.2) is 18.2 Å². The molecule has 13 heavy (non-hydrogen) atoms. The molecule has 0 fully saturated rings. The highest BCUT2D eigenvalue weighted by Crippen LogP contribution is 2.14. The molecule has 0 unspecified atom stereocenters. The van der Waals surface area contributed by atoms with E-state index < -0.39 is 11.2 Å². The Kier molecular flexibility index (Phi) is 3.51. The first kappa shape index (κ1) is 10.3. The fourth-order valence-electron chi connectivity index (χ4n) is 0.844. The highest BCUT2D eigenvalue weighted by atomic mass is 35.5. The van der Waals surface area contributed by atoms with Crippen LogP contribution in [0.5, 0.6) is 0 Å². The molecule has 0 saturated heterocycles. The van der Waals surface area contributed by atoms with Gasteiger partial charge in [-0.25, -0.2) is 4.39 Å². The molecule has 0 aliphatic heterocycles. The number of hydrogen-bond acceptors (Lipinski definition) is 1. The molecule has 0 bridgehead atoms. The van der Waals surface area contributed by atoms with Crippen LogP contribution in [0.2, 0.25) is 5.02 Å². The van der Waals surface area contributed by atoms with Crippen molar-refractivity contribution in [1.29, 1.82) is 0 Å². The first-order valence-electron chi connectivity index (χ1n) is 3.47. The quantitative estimate of drug-likeness (QED) is 0.604. The molecule has 0 aliphatic carbocycles. The molecule has 0 atom stereocenters. The van der Waals surface area contributed by atoms with Crippen LogP contribution in [-0.2, 0) is 6.54 Å². The summed E-state index contributed by atoms with van der Waals surface area (Å²) in [5, 5.41) is 1.95. The van der Waals surface area contributed by atoms with Crippen LogP contribution in [0.3, 0.4) is 0 Å². The van der Waals surface area contributed by atoms with E-state index in [-0.39, 0.29) is 6.54 Å². The molecule has 1 N–H and O–H groups in total. The second-order valence-corrected chi connectivity index (χ2v) is 3.14. The lowest BCUT2D eigenvalue weighted by atomic mass is 10.2. The van der Waals surface area contributed by atoms with Gasteiger partial charge in [0, 0.05) is 17.1 Å². The summed E-state index contributed by atoms with van der Waals surface area (Å²) in [5.74, 6) is -0.421. The van der Waals surface area contributed by atoms with Crippen molar-refractivity contribution < 1.29 is 9.18 Å². The molecule has 1 aromatic rings. The first-order chi connectivity index (χ1) is 6.09. The van der Waals surface area contributed by atoms with Gasteiger partial charge in [-0.05, 0) is 29.8 Å². The van der Waals surface area contributed by atoms with E-state index >= 15 is 0 Å². The van der Waals surface area contributed by atoms with Gasteiger partial charge in [0.1, 0.15) is 5.82 Å². The van der Waals surface area contributed by atoms with Crippen molar-refractivity contribution in [3.05, 3.63) is 34.6 Å². The van der Waals surface area contributed by atoms with E-state index in [2.05, 4.69) is 5.32 Å². The number of nitrogens with one attached hydrogen (secondary N) is 1. The maximum atomic E-state index is 13.0. The van der Waals surface area contributed by atoms with Gasteiger partial charge in [-0.15, -0.1) is 0 Å². The van der Waals surface area contributed by atoms with E-state index in [1.54, 1.807) is 0 Å². The van der Waals surface area contributed by atoms with Crippen molar-refractivity contribution in [3.8, 4) is 0 Å². The van der Waals surface area contributed by atoms with Crippen LogP contribution < -0.4 is 5.32 Å². The topological polar surface area (TPSA) is 29.1 Å². The molecule has 1 aromatic carbocycles. The maximum absolute atomic E-state index is 13.0. The van der Waals surface area contributed by atoms with Gasteiger partial charge >= 0.3 is 5.37 Å². The Bertz CT molecular complexity index is 330. The number of hydrogen-bond donors (Lipinski definition) is 1. The van der Waals surface area contributed by atoms with Gasteiger partial charge in [-0.1, -0.05) is 11.6 Å². The van der Waals surface area contributed by atoms with E-state index in [1.807, 2.05) is 0 Å². The first-order valence-corrected chi connectivity index (χ1v) is 4.22. The maximum Gasteiger partial charge on any atom is 0.314 e. The molecule has 1 amide bonds. The van der Waals surface area contributed by atoms with Gasteiger partial charge in [0.15, 0.2) is 0 Å². The van der Waals surface area contributed by atoms with E-state index in [0.29, 0.717) is 10.6 Å². The number of carbonyl (C=O) groups is 1. The van der Waals surface area contributed by atoms with Gasteiger partial charge in [-0.3, -0.25) is 4.79 Å². The Morgan fingerprint density at radius 2 is 2.23 bits per heavy atom. The number of amides is 1. The van der Waals surface area contributed by atoms with E-state index in [0.717, 1.165) is 0 Å². The smallest absolute Gasteiger partial charge is 0.314 e. The highest BCUT2D eigenvalue weighted by Gasteiger charge is 2.03. The van der Waals surface area contributed by atoms with Crippen LogP contribution in [0.25, 0.3) is 0 Å². The fourth-order valence-corrected chi connectivity index (χ4v) is 1.11. The zero-order chi connectivity index (χ0) is 9.84. The third kappa shape index (κ3) is 3.20. The second-order valence-electron chi connectivity index (χ2n) is 2.36. The SMILES string of the molecule is O=C(Cl)NCc1cc(Cl)ccc1F. The standard InChI is InChI=1S/C8H6Cl2FNO/c9-6-1-2-7(11)5(3-6)4-12-8(10)13/h1-3H,4H2,(H,12,13). The van der Waals surface area contributed by atoms with Crippen molar-refractivity contribution in [2.75, 3.05) is 0 Å². The molecule has 70 valence electrons. The largest absolute Gasteiger partial charge is 0.338 e. The number of carbonyl (C=O) groups excluding carboxylic acids is 1.